The Morgan fingerprint density at radius 3 is 2.19 bits per heavy atom. The molecule has 0 heterocycles. The number of hydrogen-bond acceptors (Lipinski definition) is 0. The number of halogens is 2. The van der Waals surface area contributed by atoms with Crippen molar-refractivity contribution in [1.82, 2.24) is 0 Å². The van der Waals surface area contributed by atoms with Gasteiger partial charge in [0.1, 0.15) is 0 Å². The second kappa shape index (κ2) is 8.27. The zero-order valence-electron chi connectivity index (χ0n) is 9.50. The zero-order chi connectivity index (χ0) is 12.0. The monoisotopic (exact) mass is 473 g/mol. The fourth-order valence-electron chi connectivity index (χ4n) is 1.80. The summed E-state index contributed by atoms with van der Waals surface area (Å²) >= 11 is 5.24. The van der Waals surface area contributed by atoms with Gasteiger partial charge in [0.15, 0.2) is 0 Å². The van der Waals surface area contributed by atoms with Gasteiger partial charge in [0, 0.05) is 6.42 Å². The van der Waals surface area contributed by atoms with E-state index in [0.717, 1.165) is 5.92 Å². The summed E-state index contributed by atoms with van der Waals surface area (Å²) in [6.07, 6.45) is 5.79. The van der Waals surface area contributed by atoms with Crippen LogP contribution in [0.25, 0.3) is 6.08 Å². The van der Waals surface area contributed by atoms with Crippen molar-refractivity contribution in [1.29, 1.82) is 0 Å². The topological polar surface area (TPSA) is 0 Å². The van der Waals surface area contributed by atoms with Crippen molar-refractivity contribution in [2.24, 2.45) is 5.92 Å². The van der Waals surface area contributed by atoms with Gasteiger partial charge in [-0.2, -0.15) is 0 Å². The van der Waals surface area contributed by atoms with Gasteiger partial charge in [0.25, 0.3) is 0 Å². The van der Waals surface area contributed by atoms with Gasteiger partial charge in [-0.25, -0.2) is 0 Å². The molecule has 16 heavy (non-hydrogen) atoms. The van der Waals surface area contributed by atoms with Gasteiger partial charge >= 0.3 is 50.0 Å². The Morgan fingerprint density at radius 1 is 1.12 bits per heavy atom. The van der Waals surface area contributed by atoms with Gasteiger partial charge in [-0.15, -0.1) is 0 Å². The second-order valence-electron chi connectivity index (χ2n) is 4.16. The van der Waals surface area contributed by atoms with Gasteiger partial charge in [-0.3, -0.25) is 0 Å². The summed E-state index contributed by atoms with van der Waals surface area (Å²) in [5.41, 5.74) is 4.22. The molecule has 0 amide bonds. The van der Waals surface area contributed by atoms with E-state index in [1.54, 1.807) is 0 Å². The first-order valence-electron chi connectivity index (χ1n) is 5.28. The Kier molecular flexibility index (Phi) is 7.86. The molecule has 0 fully saturated rings. The van der Waals surface area contributed by atoms with Crippen LogP contribution in [0.15, 0.2) is 29.8 Å². The van der Waals surface area contributed by atoms with Crippen molar-refractivity contribution < 1.29 is 11.7 Å². The van der Waals surface area contributed by atoms with E-state index in [0.29, 0.717) is 11.7 Å². The van der Waals surface area contributed by atoms with Crippen molar-refractivity contribution in [3.05, 3.63) is 47.4 Å². The van der Waals surface area contributed by atoms with Crippen molar-refractivity contribution >= 4 is 44.5 Å². The van der Waals surface area contributed by atoms with Crippen molar-refractivity contribution in [2.45, 2.75) is 20.3 Å². The molecule has 0 nitrogen and oxygen atoms in total. The van der Waals surface area contributed by atoms with Gasteiger partial charge < -0.3 is 0 Å². The molecule has 1 aromatic carbocycles. The van der Waals surface area contributed by atoms with Crippen molar-refractivity contribution in [2.75, 3.05) is 0 Å². The van der Waals surface area contributed by atoms with Crippen LogP contribution in [0.4, 0.5) is 0 Å². The predicted molar refractivity (Wildman–Crippen MR) is 85.3 cm³/mol. The number of fused-ring (bicyclic) bond motifs is 1. The molecule has 0 N–H and O–H groups in total. The van der Waals surface area contributed by atoms with Crippen LogP contribution in [-0.4, -0.2) is 0 Å². The first-order chi connectivity index (χ1) is 7.67. The van der Waals surface area contributed by atoms with Crippen LogP contribution in [0.3, 0.4) is 0 Å². The van der Waals surface area contributed by atoms with Crippen molar-refractivity contribution in [3.63, 3.8) is 0 Å². The number of rotatable bonds is 2. The normalized spacial score (nSPS) is 12.7. The average Bonchev–Trinajstić information content (AvgIpc) is 2.59. The van der Waals surface area contributed by atoms with E-state index in [9.17, 15) is 0 Å². The zero-order valence-corrected chi connectivity index (χ0v) is 15.4. The third kappa shape index (κ3) is 5.19. The fraction of sp³-hybridized carbons (Fsp3) is 0.308. The first-order valence-corrected chi connectivity index (χ1v) is 15.4. The Morgan fingerprint density at radius 2 is 1.69 bits per heavy atom. The van der Waals surface area contributed by atoms with E-state index in [-0.39, 0.29) is 0 Å². The molecule has 0 spiro atoms. The van der Waals surface area contributed by atoms with Crippen LogP contribution in [0.5, 0.6) is 0 Å². The summed E-state index contributed by atoms with van der Waals surface area (Å²) in [6.45, 7) is 4.52. The molecule has 1 radical (unpaired) electrons. The molecule has 1 aliphatic carbocycles. The second-order valence-corrected chi connectivity index (χ2v) is 17.3. The molecular weight excluding hydrogens is 458 g/mol. The molecule has 0 aromatic heterocycles. The third-order valence-corrected chi connectivity index (χ3v) is 2.32. The van der Waals surface area contributed by atoms with Gasteiger partial charge in [-0.05, 0) is 23.5 Å². The van der Waals surface area contributed by atoms with E-state index in [2.05, 4.69) is 89.0 Å². The molecule has 0 unspecified atom stereocenters. The molecule has 1 aromatic rings. The third-order valence-electron chi connectivity index (χ3n) is 2.32. The molecule has 0 atom stereocenters. The van der Waals surface area contributed by atoms with Crippen LogP contribution < -0.4 is 0 Å². The summed E-state index contributed by atoms with van der Waals surface area (Å²) in [6, 6.07) is 8.56. The maximum absolute atomic E-state index is 2.40. The first kappa shape index (κ1) is 15.2. The minimum atomic E-state index is 0.440. The van der Waals surface area contributed by atoms with E-state index in [4.69, 9.17) is 0 Å². The van der Waals surface area contributed by atoms with Gasteiger partial charge in [0.2, 0.25) is 0 Å². The molecular formula is C13H15I2Ti. The molecule has 3 heteroatoms. The van der Waals surface area contributed by atoms with Crippen LogP contribution >= 0.6 is 38.4 Å². The molecule has 1 aliphatic rings. The number of allylic oxidation sites excluding steroid dienone is 1. The maximum atomic E-state index is 2.40. The Labute approximate surface area is 128 Å². The van der Waals surface area contributed by atoms with E-state index >= 15 is 0 Å². The van der Waals surface area contributed by atoms with E-state index in [1.807, 2.05) is 0 Å². The average molecular weight is 473 g/mol. The molecule has 0 saturated carbocycles. The van der Waals surface area contributed by atoms with Crippen LogP contribution in [0.2, 0.25) is 0 Å². The van der Waals surface area contributed by atoms with E-state index < -0.39 is 0 Å². The predicted octanol–water partition coefficient (Wildman–Crippen LogP) is 5.45. The summed E-state index contributed by atoms with van der Waals surface area (Å²) in [7, 11) is 0. The molecule has 0 aliphatic heterocycles. The van der Waals surface area contributed by atoms with Crippen LogP contribution in [0, 0.1) is 12.3 Å². The summed E-state index contributed by atoms with van der Waals surface area (Å²) in [4.78, 5) is 0. The van der Waals surface area contributed by atoms with Crippen molar-refractivity contribution in [3.8, 4) is 0 Å². The summed E-state index contributed by atoms with van der Waals surface area (Å²) in [5.74, 6) is 0.747. The Balaban J connectivity index is 0.000000386. The summed E-state index contributed by atoms with van der Waals surface area (Å²) < 4.78 is 0. The number of hydrogen-bond donors (Lipinski definition) is 0. The SMILES string of the molecule is CC(C)CC1=Cc2ccccc2[CH]1.[I][Ti][I]. The molecule has 0 saturated heterocycles. The quantitative estimate of drug-likeness (QED) is 0.396. The molecule has 85 valence electrons. The standard InChI is InChI=1S/C13H15.2HI.Ti/c1-10(2)7-11-8-12-5-3-4-6-13(12)9-11;;;/h3-6,8-10H,7H2,1-2H3;2*1H;/q;;;+2/p-2. The number of benzene rings is 1. The minimum absolute atomic E-state index is 0.440. The Hall–Kier alpha value is 1.13. The van der Waals surface area contributed by atoms with E-state index in [1.165, 1.54) is 23.1 Å². The Bertz CT molecular complexity index is 359. The molecule has 2 rings (SSSR count). The fourth-order valence-corrected chi connectivity index (χ4v) is 1.80. The van der Waals surface area contributed by atoms with Crippen LogP contribution in [-0.2, 0) is 11.7 Å². The summed E-state index contributed by atoms with van der Waals surface area (Å²) in [5, 5.41) is 0. The molecule has 0 bridgehead atoms. The van der Waals surface area contributed by atoms with Gasteiger partial charge in [0.05, 0.1) is 0 Å². The van der Waals surface area contributed by atoms with Gasteiger partial charge in [-0.1, -0.05) is 49.8 Å². The van der Waals surface area contributed by atoms with Crippen LogP contribution in [0.1, 0.15) is 31.4 Å².